The minimum atomic E-state index is -0.496. The first-order chi connectivity index (χ1) is 11.0. The van der Waals surface area contributed by atoms with Gasteiger partial charge in [0.15, 0.2) is 0 Å². The molecule has 0 aliphatic heterocycles. The number of non-ortho nitro benzene ring substituents is 1. The van der Waals surface area contributed by atoms with Gasteiger partial charge in [0.25, 0.3) is 11.6 Å². The number of nitrogens with zero attached hydrogens (tertiary/aromatic N) is 2. The molecule has 0 atom stereocenters. The Morgan fingerprint density at radius 2 is 1.78 bits per heavy atom. The smallest absolute Gasteiger partial charge is 0.269 e. The monoisotopic (exact) mass is 378 g/mol. The zero-order chi connectivity index (χ0) is 16.8. The van der Waals surface area contributed by atoms with E-state index in [2.05, 4.69) is 15.9 Å². The number of rotatable bonds is 6. The zero-order valence-corrected chi connectivity index (χ0v) is 14.0. The van der Waals surface area contributed by atoms with Crippen LogP contribution in [0.5, 0.6) is 5.75 Å². The molecule has 2 aromatic carbocycles. The number of ether oxygens (including phenoxy) is 1. The summed E-state index contributed by atoms with van der Waals surface area (Å²) < 4.78 is 6.53. The summed E-state index contributed by atoms with van der Waals surface area (Å²) in [6.07, 6.45) is 0. The average molecular weight is 379 g/mol. The van der Waals surface area contributed by atoms with E-state index in [4.69, 9.17) is 4.74 Å². The maximum absolute atomic E-state index is 12.2. The number of amides is 1. The van der Waals surface area contributed by atoms with Crippen molar-refractivity contribution in [3.63, 3.8) is 0 Å². The summed E-state index contributed by atoms with van der Waals surface area (Å²) in [4.78, 5) is 23.8. The largest absolute Gasteiger partial charge is 0.492 e. The number of carbonyl (C=O) groups is 1. The van der Waals surface area contributed by atoms with Gasteiger partial charge in [-0.3, -0.25) is 14.9 Å². The molecule has 0 unspecified atom stereocenters. The molecule has 0 bridgehead atoms. The number of nitro benzene ring substituents is 1. The van der Waals surface area contributed by atoms with Crippen molar-refractivity contribution in [2.75, 3.05) is 20.2 Å². The highest BCUT2D eigenvalue weighted by molar-refractivity contribution is 9.10. The fraction of sp³-hybridized carbons (Fsp3) is 0.188. The summed E-state index contributed by atoms with van der Waals surface area (Å²) in [5.41, 5.74) is 0.365. The molecule has 2 aromatic rings. The number of hydrogen-bond donors (Lipinski definition) is 0. The Bertz CT molecular complexity index is 686. The van der Waals surface area contributed by atoms with Crippen LogP contribution in [-0.2, 0) is 0 Å². The van der Waals surface area contributed by atoms with Gasteiger partial charge in [-0.1, -0.05) is 15.9 Å². The van der Waals surface area contributed by atoms with E-state index in [-0.39, 0.29) is 11.6 Å². The fourth-order valence-corrected chi connectivity index (χ4v) is 2.14. The van der Waals surface area contributed by atoms with E-state index in [1.165, 1.54) is 29.2 Å². The second-order valence-electron chi connectivity index (χ2n) is 4.83. The van der Waals surface area contributed by atoms with Gasteiger partial charge in [0, 0.05) is 29.2 Å². The van der Waals surface area contributed by atoms with E-state index in [1.807, 2.05) is 24.3 Å². The second kappa shape index (κ2) is 7.73. The third kappa shape index (κ3) is 4.79. The first-order valence-electron chi connectivity index (χ1n) is 6.85. The normalized spacial score (nSPS) is 10.2. The number of likely N-dealkylation sites (N-methyl/N-ethyl adjacent to an activating group) is 1. The Labute approximate surface area is 142 Å². The van der Waals surface area contributed by atoms with Gasteiger partial charge >= 0.3 is 0 Å². The third-order valence-electron chi connectivity index (χ3n) is 3.18. The van der Waals surface area contributed by atoms with Crippen LogP contribution in [0.4, 0.5) is 5.69 Å². The molecule has 0 saturated heterocycles. The van der Waals surface area contributed by atoms with Crippen LogP contribution in [0, 0.1) is 10.1 Å². The number of halogens is 1. The average Bonchev–Trinajstić information content (AvgIpc) is 2.56. The lowest BCUT2D eigenvalue weighted by atomic mass is 10.2. The Morgan fingerprint density at radius 1 is 1.17 bits per heavy atom. The number of benzene rings is 2. The van der Waals surface area contributed by atoms with Gasteiger partial charge in [-0.2, -0.15) is 0 Å². The van der Waals surface area contributed by atoms with Gasteiger partial charge in [0.1, 0.15) is 12.4 Å². The lowest BCUT2D eigenvalue weighted by molar-refractivity contribution is -0.384. The molecule has 0 fully saturated rings. The van der Waals surface area contributed by atoms with Crippen molar-refractivity contribution in [1.29, 1.82) is 0 Å². The zero-order valence-electron chi connectivity index (χ0n) is 12.4. The quantitative estimate of drug-likeness (QED) is 0.569. The summed E-state index contributed by atoms with van der Waals surface area (Å²) in [7, 11) is 1.66. The molecular weight excluding hydrogens is 364 g/mol. The standard InChI is InChI=1S/C16H15BrN2O4/c1-18(10-11-23-15-8-4-13(17)5-9-15)16(20)12-2-6-14(7-3-12)19(21)22/h2-9H,10-11H2,1H3. The summed E-state index contributed by atoms with van der Waals surface area (Å²) in [5.74, 6) is 0.517. The topological polar surface area (TPSA) is 72.7 Å². The van der Waals surface area contributed by atoms with Gasteiger partial charge in [0.05, 0.1) is 11.5 Å². The molecule has 0 saturated carbocycles. The van der Waals surface area contributed by atoms with E-state index in [1.54, 1.807) is 7.05 Å². The van der Waals surface area contributed by atoms with Gasteiger partial charge < -0.3 is 9.64 Å². The van der Waals surface area contributed by atoms with E-state index < -0.39 is 4.92 Å². The van der Waals surface area contributed by atoms with Crippen LogP contribution in [0.1, 0.15) is 10.4 Å². The Kier molecular flexibility index (Phi) is 5.70. The highest BCUT2D eigenvalue weighted by atomic mass is 79.9. The Hall–Kier alpha value is -2.41. The predicted molar refractivity (Wildman–Crippen MR) is 89.7 cm³/mol. The maximum Gasteiger partial charge on any atom is 0.269 e. The van der Waals surface area contributed by atoms with Gasteiger partial charge in [-0.15, -0.1) is 0 Å². The molecule has 23 heavy (non-hydrogen) atoms. The van der Waals surface area contributed by atoms with Crippen molar-refractivity contribution in [2.24, 2.45) is 0 Å². The van der Waals surface area contributed by atoms with E-state index in [0.717, 1.165) is 10.2 Å². The van der Waals surface area contributed by atoms with Crippen LogP contribution in [-0.4, -0.2) is 35.9 Å². The van der Waals surface area contributed by atoms with Gasteiger partial charge in [-0.05, 0) is 36.4 Å². The summed E-state index contributed by atoms with van der Waals surface area (Å²) >= 11 is 3.35. The van der Waals surface area contributed by atoms with Crippen molar-refractivity contribution in [1.82, 2.24) is 4.90 Å². The third-order valence-corrected chi connectivity index (χ3v) is 3.71. The molecule has 0 spiro atoms. The SMILES string of the molecule is CN(CCOc1ccc(Br)cc1)C(=O)c1ccc([N+](=O)[O-])cc1. The van der Waals surface area contributed by atoms with Crippen molar-refractivity contribution in [3.05, 3.63) is 68.7 Å². The van der Waals surface area contributed by atoms with Crippen molar-refractivity contribution < 1.29 is 14.5 Å². The molecule has 0 aromatic heterocycles. The van der Waals surface area contributed by atoms with Crippen molar-refractivity contribution >= 4 is 27.5 Å². The molecule has 0 aliphatic rings. The van der Waals surface area contributed by atoms with E-state index >= 15 is 0 Å². The summed E-state index contributed by atoms with van der Waals surface area (Å²) in [6.45, 7) is 0.767. The van der Waals surface area contributed by atoms with Crippen LogP contribution < -0.4 is 4.74 Å². The Balaban J connectivity index is 1.87. The first kappa shape index (κ1) is 17.0. The second-order valence-corrected chi connectivity index (χ2v) is 5.75. The number of hydrogen-bond acceptors (Lipinski definition) is 4. The molecule has 1 amide bonds. The van der Waals surface area contributed by atoms with E-state index in [9.17, 15) is 14.9 Å². The van der Waals surface area contributed by atoms with Crippen LogP contribution in [0.3, 0.4) is 0 Å². The predicted octanol–water partition coefficient (Wildman–Crippen LogP) is 3.51. The molecule has 0 aliphatic carbocycles. The molecule has 0 N–H and O–H groups in total. The van der Waals surface area contributed by atoms with Crippen LogP contribution >= 0.6 is 15.9 Å². The molecule has 2 rings (SSSR count). The lowest BCUT2D eigenvalue weighted by Crippen LogP contribution is -2.30. The maximum atomic E-state index is 12.2. The van der Waals surface area contributed by atoms with Crippen molar-refractivity contribution in [2.45, 2.75) is 0 Å². The number of nitro groups is 1. The fourth-order valence-electron chi connectivity index (χ4n) is 1.88. The Morgan fingerprint density at radius 3 is 2.35 bits per heavy atom. The van der Waals surface area contributed by atoms with Crippen LogP contribution in [0.2, 0.25) is 0 Å². The summed E-state index contributed by atoms with van der Waals surface area (Å²) in [6, 6.07) is 13.0. The van der Waals surface area contributed by atoms with Gasteiger partial charge in [0.2, 0.25) is 0 Å². The molecule has 120 valence electrons. The molecule has 0 radical (unpaired) electrons. The number of carbonyl (C=O) groups excluding carboxylic acids is 1. The van der Waals surface area contributed by atoms with E-state index in [0.29, 0.717) is 18.7 Å². The van der Waals surface area contributed by atoms with Crippen LogP contribution in [0.15, 0.2) is 53.0 Å². The molecule has 6 nitrogen and oxygen atoms in total. The molecule has 0 heterocycles. The first-order valence-corrected chi connectivity index (χ1v) is 7.65. The molecule has 7 heteroatoms. The highest BCUT2D eigenvalue weighted by Gasteiger charge is 2.13. The van der Waals surface area contributed by atoms with Crippen LogP contribution in [0.25, 0.3) is 0 Å². The lowest BCUT2D eigenvalue weighted by Gasteiger charge is -2.17. The van der Waals surface area contributed by atoms with Gasteiger partial charge in [-0.25, -0.2) is 0 Å². The highest BCUT2D eigenvalue weighted by Crippen LogP contribution is 2.16. The molecular formula is C16H15BrN2O4. The van der Waals surface area contributed by atoms with Crippen molar-refractivity contribution in [3.8, 4) is 5.75 Å². The summed E-state index contributed by atoms with van der Waals surface area (Å²) in [5, 5.41) is 10.6. The minimum Gasteiger partial charge on any atom is -0.492 e. The minimum absolute atomic E-state index is 0.0391.